The number of likely N-dealkylation sites (N-methyl/N-ethyl adjacent to an activating group) is 1. The first-order valence-corrected chi connectivity index (χ1v) is 10.6. The predicted molar refractivity (Wildman–Crippen MR) is 111 cm³/mol. The summed E-state index contributed by atoms with van der Waals surface area (Å²) in [6.07, 6.45) is 2.50. The van der Waals surface area contributed by atoms with Gasteiger partial charge in [-0.3, -0.25) is 9.59 Å². The van der Waals surface area contributed by atoms with Crippen LogP contribution in [-0.2, 0) is 48.7 Å². The van der Waals surface area contributed by atoms with Gasteiger partial charge >= 0.3 is 0 Å². The molecule has 1 aliphatic rings. The number of hydrogen-bond acceptors (Lipinski definition) is 2. The fourth-order valence-corrected chi connectivity index (χ4v) is 4.62. The molecule has 0 aliphatic carbocycles. The summed E-state index contributed by atoms with van der Waals surface area (Å²) in [5.41, 5.74) is 3.56. The van der Waals surface area contributed by atoms with Crippen LogP contribution in [0.2, 0.25) is 0 Å². The van der Waals surface area contributed by atoms with E-state index in [1.165, 1.54) is 16.7 Å². The van der Waals surface area contributed by atoms with Gasteiger partial charge in [-0.25, -0.2) is 0 Å². The van der Waals surface area contributed by atoms with Crippen molar-refractivity contribution in [2.24, 2.45) is 5.92 Å². The molecule has 4 nitrogen and oxygen atoms in total. The van der Waals surface area contributed by atoms with E-state index in [9.17, 15) is 9.59 Å². The Labute approximate surface area is 196 Å². The van der Waals surface area contributed by atoms with Gasteiger partial charge in [0.15, 0.2) is 5.78 Å². The van der Waals surface area contributed by atoms with E-state index in [2.05, 4.69) is 32.9 Å². The molecule has 153 valence electrons. The predicted octanol–water partition coefficient (Wildman–Crippen LogP) is 3.53. The van der Waals surface area contributed by atoms with Gasteiger partial charge in [0.2, 0.25) is 5.91 Å². The fourth-order valence-electron chi connectivity index (χ4n) is 4.62. The van der Waals surface area contributed by atoms with Gasteiger partial charge in [-0.15, -0.1) is 0 Å². The standard InChI is InChI=1S/C23H37N2O2.Y/c1-6-24(7-2)23(27)20-13-10-14-25(8-3,16-20)17-21(26)15-22-18(4)11-9-12-19(22)5;/h9,11-12,20H,6-8,10,13-17H2,1-5H3;/q+1;. The van der Waals surface area contributed by atoms with Gasteiger partial charge in [0.05, 0.1) is 25.6 Å². The molecule has 1 aliphatic heterocycles. The molecule has 1 amide bonds. The van der Waals surface area contributed by atoms with Gasteiger partial charge in [0.25, 0.3) is 0 Å². The zero-order valence-corrected chi connectivity index (χ0v) is 21.3. The van der Waals surface area contributed by atoms with Gasteiger partial charge in [0, 0.05) is 52.2 Å². The molecule has 2 rings (SSSR count). The van der Waals surface area contributed by atoms with Crippen molar-refractivity contribution in [2.45, 2.75) is 53.9 Å². The number of likely N-dealkylation sites (tertiary alicyclic amines) is 1. The summed E-state index contributed by atoms with van der Waals surface area (Å²) in [6, 6.07) is 6.21. The Balaban J connectivity index is 0.00000392. The Hall–Kier alpha value is -0.576. The Kier molecular flexibility index (Phi) is 10.5. The topological polar surface area (TPSA) is 37.4 Å². The second kappa shape index (κ2) is 11.6. The summed E-state index contributed by atoms with van der Waals surface area (Å²) >= 11 is 0. The number of rotatable bonds is 8. The minimum atomic E-state index is 0. The molecular formula is C23H37N2O2Y+. The third kappa shape index (κ3) is 6.21. The Morgan fingerprint density at radius 1 is 1.11 bits per heavy atom. The smallest absolute Gasteiger partial charge is 0.231 e. The number of aryl methyl sites for hydroxylation is 2. The van der Waals surface area contributed by atoms with Crippen molar-refractivity contribution in [3.8, 4) is 0 Å². The van der Waals surface area contributed by atoms with E-state index in [-0.39, 0.29) is 44.5 Å². The molecule has 0 N–H and O–H groups in total. The molecule has 0 aromatic heterocycles. The largest absolute Gasteiger partial charge is 0.343 e. The van der Waals surface area contributed by atoms with Crippen LogP contribution >= 0.6 is 0 Å². The van der Waals surface area contributed by atoms with Crippen LogP contribution in [0.15, 0.2) is 18.2 Å². The molecule has 1 aromatic rings. The molecule has 1 heterocycles. The van der Waals surface area contributed by atoms with Crippen LogP contribution in [0.25, 0.3) is 0 Å². The zero-order valence-electron chi connectivity index (χ0n) is 18.5. The van der Waals surface area contributed by atoms with E-state index >= 15 is 0 Å². The minimum absolute atomic E-state index is 0. The van der Waals surface area contributed by atoms with Crippen molar-refractivity contribution >= 4 is 11.7 Å². The van der Waals surface area contributed by atoms with E-state index < -0.39 is 0 Å². The summed E-state index contributed by atoms with van der Waals surface area (Å²) in [4.78, 5) is 27.8. The number of carbonyl (C=O) groups is 2. The molecule has 0 saturated carbocycles. The number of amides is 1. The number of carbonyl (C=O) groups excluding carboxylic acids is 2. The third-order valence-corrected chi connectivity index (χ3v) is 6.42. The van der Waals surface area contributed by atoms with E-state index in [0.717, 1.165) is 50.0 Å². The van der Waals surface area contributed by atoms with Crippen LogP contribution in [-0.4, -0.2) is 60.3 Å². The first kappa shape index (κ1) is 25.5. The monoisotopic (exact) mass is 462 g/mol. The second-order valence-corrected chi connectivity index (χ2v) is 8.16. The van der Waals surface area contributed by atoms with Gasteiger partial charge < -0.3 is 9.38 Å². The molecule has 1 saturated heterocycles. The quantitative estimate of drug-likeness (QED) is 0.555. The third-order valence-electron chi connectivity index (χ3n) is 6.42. The van der Waals surface area contributed by atoms with Crippen LogP contribution in [0.1, 0.15) is 50.3 Å². The van der Waals surface area contributed by atoms with Crippen LogP contribution in [0.5, 0.6) is 0 Å². The molecule has 0 bridgehead atoms. The first-order valence-electron chi connectivity index (χ1n) is 10.6. The Morgan fingerprint density at radius 3 is 2.25 bits per heavy atom. The summed E-state index contributed by atoms with van der Waals surface area (Å²) in [5.74, 6) is 0.634. The number of hydrogen-bond donors (Lipinski definition) is 0. The number of quaternary nitrogens is 1. The van der Waals surface area contributed by atoms with Gasteiger partial charge in [-0.1, -0.05) is 18.2 Å². The first-order chi connectivity index (χ1) is 12.9. The minimum Gasteiger partial charge on any atom is -0.343 e. The molecule has 5 heteroatoms. The van der Waals surface area contributed by atoms with Crippen molar-refractivity contribution in [2.75, 3.05) is 39.3 Å². The summed E-state index contributed by atoms with van der Waals surface area (Å²) in [7, 11) is 0. The van der Waals surface area contributed by atoms with Crippen molar-refractivity contribution < 1.29 is 46.8 Å². The molecule has 1 radical (unpaired) electrons. The van der Waals surface area contributed by atoms with Crippen LogP contribution in [0.4, 0.5) is 0 Å². The van der Waals surface area contributed by atoms with Crippen molar-refractivity contribution in [3.63, 3.8) is 0 Å². The number of piperidine rings is 1. The van der Waals surface area contributed by atoms with Gasteiger partial charge in [-0.2, -0.15) is 0 Å². The number of nitrogens with zero attached hydrogens (tertiary/aromatic N) is 2. The van der Waals surface area contributed by atoms with Crippen LogP contribution in [0, 0.1) is 19.8 Å². The van der Waals surface area contributed by atoms with E-state index in [1.54, 1.807) is 0 Å². The average molecular weight is 462 g/mol. The van der Waals surface area contributed by atoms with Crippen LogP contribution < -0.4 is 0 Å². The molecule has 1 aromatic carbocycles. The zero-order chi connectivity index (χ0) is 20.0. The molecule has 1 fully saturated rings. The summed E-state index contributed by atoms with van der Waals surface area (Å²) in [6.45, 7) is 15.2. The van der Waals surface area contributed by atoms with E-state index in [4.69, 9.17) is 0 Å². The number of ketones is 1. The molecule has 28 heavy (non-hydrogen) atoms. The SMILES string of the molecule is CCN(CC)C(=O)C1CCC[N+](CC)(CC(=O)Cc2c(C)cccc2C)C1.[Y]. The fraction of sp³-hybridized carbons (Fsp3) is 0.652. The van der Waals surface area contributed by atoms with E-state index in [0.29, 0.717) is 18.7 Å². The second-order valence-electron chi connectivity index (χ2n) is 8.16. The Morgan fingerprint density at radius 2 is 1.71 bits per heavy atom. The molecule has 0 spiro atoms. The van der Waals surface area contributed by atoms with Crippen molar-refractivity contribution in [3.05, 3.63) is 34.9 Å². The van der Waals surface area contributed by atoms with Crippen molar-refractivity contribution in [1.29, 1.82) is 0 Å². The summed E-state index contributed by atoms with van der Waals surface area (Å²) < 4.78 is 0.765. The number of Topliss-reactive ketones (excluding diaryl/α,β-unsaturated/α-hetero) is 1. The maximum atomic E-state index is 13.0. The van der Waals surface area contributed by atoms with E-state index in [1.807, 2.05) is 24.8 Å². The van der Waals surface area contributed by atoms with Crippen molar-refractivity contribution in [1.82, 2.24) is 4.90 Å². The maximum absolute atomic E-state index is 13.0. The molecule has 2 unspecified atom stereocenters. The van der Waals surface area contributed by atoms with Crippen LogP contribution in [0.3, 0.4) is 0 Å². The average Bonchev–Trinajstić information content (AvgIpc) is 2.66. The van der Waals surface area contributed by atoms with Gasteiger partial charge in [0.1, 0.15) is 6.54 Å². The Bertz CT molecular complexity index is 652. The molecule has 2 atom stereocenters. The normalized spacial score (nSPS) is 21.7. The summed E-state index contributed by atoms with van der Waals surface area (Å²) in [5, 5.41) is 0. The van der Waals surface area contributed by atoms with Gasteiger partial charge in [-0.05, 0) is 64.2 Å². The molecular weight excluding hydrogens is 425 g/mol. The maximum Gasteiger partial charge on any atom is 0.231 e. The number of benzene rings is 1.